The minimum Gasteiger partial charge on any atom is -0.269 e. The second kappa shape index (κ2) is 1.96. The van der Waals surface area contributed by atoms with Crippen molar-refractivity contribution in [1.29, 1.82) is 0 Å². The lowest BCUT2D eigenvalue weighted by molar-refractivity contribution is 0.171. The van der Waals surface area contributed by atoms with Gasteiger partial charge in [0.15, 0.2) is 0 Å². The van der Waals surface area contributed by atoms with E-state index < -0.39 is 0 Å². The number of nitrogens with two attached hydrogens (primary N) is 1. The summed E-state index contributed by atoms with van der Waals surface area (Å²) in [6.45, 7) is 2.30. The van der Waals surface area contributed by atoms with E-state index in [1.807, 2.05) is 5.01 Å². The van der Waals surface area contributed by atoms with Crippen LogP contribution in [0.4, 0.5) is 0 Å². The minimum absolute atomic E-state index is 0.939. The van der Waals surface area contributed by atoms with Crippen LogP contribution in [-0.4, -0.2) is 18.1 Å². The fourth-order valence-corrected chi connectivity index (χ4v) is 2.25. The van der Waals surface area contributed by atoms with Crippen molar-refractivity contribution in [3.05, 3.63) is 0 Å². The van der Waals surface area contributed by atoms with Crippen molar-refractivity contribution in [2.45, 2.75) is 19.3 Å². The summed E-state index contributed by atoms with van der Waals surface area (Å²) in [5.41, 5.74) is 0. The van der Waals surface area contributed by atoms with Crippen LogP contribution in [0.1, 0.15) is 19.3 Å². The van der Waals surface area contributed by atoms with Gasteiger partial charge >= 0.3 is 0 Å². The van der Waals surface area contributed by atoms with Gasteiger partial charge in [0.25, 0.3) is 0 Å². The summed E-state index contributed by atoms with van der Waals surface area (Å²) in [4.78, 5) is 0. The quantitative estimate of drug-likeness (QED) is 0.481. The second-order valence-electron chi connectivity index (χ2n) is 3.50. The number of nitrogens with zero attached hydrogens (tertiary/aromatic N) is 1. The first-order valence-electron chi connectivity index (χ1n) is 3.84. The molecule has 2 bridgehead atoms. The number of rotatable bonds is 0. The van der Waals surface area contributed by atoms with E-state index in [0.717, 1.165) is 24.9 Å². The van der Waals surface area contributed by atoms with Crippen LogP contribution < -0.4 is 5.84 Å². The Morgan fingerprint density at radius 1 is 1.11 bits per heavy atom. The molecule has 1 saturated heterocycles. The molecule has 0 aromatic heterocycles. The summed E-state index contributed by atoms with van der Waals surface area (Å²) in [5.74, 6) is 7.57. The molecule has 2 aliphatic rings. The van der Waals surface area contributed by atoms with Crippen molar-refractivity contribution in [2.75, 3.05) is 13.1 Å². The molecule has 52 valence electrons. The summed E-state index contributed by atoms with van der Waals surface area (Å²) in [7, 11) is 0. The number of piperidine rings is 1. The number of fused-ring (bicyclic) bond motifs is 2. The largest absolute Gasteiger partial charge is 0.269 e. The van der Waals surface area contributed by atoms with Crippen LogP contribution in [-0.2, 0) is 0 Å². The van der Waals surface area contributed by atoms with Gasteiger partial charge in [0.05, 0.1) is 0 Å². The highest BCUT2D eigenvalue weighted by Crippen LogP contribution is 2.34. The Labute approximate surface area is 56.0 Å². The maximum Gasteiger partial charge on any atom is 0.0157 e. The zero-order chi connectivity index (χ0) is 6.27. The van der Waals surface area contributed by atoms with E-state index in [1.165, 1.54) is 19.3 Å². The third kappa shape index (κ3) is 0.970. The van der Waals surface area contributed by atoms with Crippen molar-refractivity contribution < 1.29 is 0 Å². The Balaban J connectivity index is 2.03. The molecular weight excluding hydrogens is 112 g/mol. The minimum atomic E-state index is 0.939. The Morgan fingerprint density at radius 2 is 1.67 bits per heavy atom. The molecule has 0 amide bonds. The lowest BCUT2D eigenvalue weighted by Crippen LogP contribution is -2.41. The van der Waals surface area contributed by atoms with Gasteiger partial charge in [-0.25, -0.2) is 5.01 Å². The van der Waals surface area contributed by atoms with Gasteiger partial charge in [0.2, 0.25) is 0 Å². The molecule has 2 nitrogen and oxygen atoms in total. The molecule has 1 aliphatic heterocycles. The maximum atomic E-state index is 5.69. The van der Waals surface area contributed by atoms with Gasteiger partial charge in [-0.1, -0.05) is 0 Å². The zero-order valence-corrected chi connectivity index (χ0v) is 5.71. The van der Waals surface area contributed by atoms with E-state index in [-0.39, 0.29) is 0 Å². The van der Waals surface area contributed by atoms with E-state index >= 15 is 0 Å². The normalized spacial score (nSPS) is 43.7. The molecule has 2 heteroatoms. The first-order valence-corrected chi connectivity index (χ1v) is 3.84. The lowest BCUT2D eigenvalue weighted by atomic mass is 10.0. The topological polar surface area (TPSA) is 29.3 Å². The van der Waals surface area contributed by atoms with E-state index in [0.29, 0.717) is 0 Å². The smallest absolute Gasteiger partial charge is 0.0157 e. The second-order valence-corrected chi connectivity index (χ2v) is 3.50. The highest BCUT2D eigenvalue weighted by Gasteiger charge is 2.31. The lowest BCUT2D eigenvalue weighted by Gasteiger charge is -2.27. The molecule has 2 rings (SSSR count). The third-order valence-electron chi connectivity index (χ3n) is 2.64. The summed E-state index contributed by atoms with van der Waals surface area (Å²) >= 11 is 0. The van der Waals surface area contributed by atoms with Crippen molar-refractivity contribution in [2.24, 2.45) is 17.7 Å². The van der Waals surface area contributed by atoms with Crippen molar-refractivity contribution in [3.8, 4) is 0 Å². The number of hydrogen-bond donors (Lipinski definition) is 1. The molecule has 2 atom stereocenters. The van der Waals surface area contributed by atoms with Crippen molar-refractivity contribution in [1.82, 2.24) is 5.01 Å². The van der Waals surface area contributed by atoms with Gasteiger partial charge in [-0.3, -0.25) is 5.84 Å². The molecule has 1 unspecified atom stereocenters. The van der Waals surface area contributed by atoms with Gasteiger partial charge < -0.3 is 0 Å². The average molecular weight is 126 g/mol. The van der Waals surface area contributed by atoms with Crippen LogP contribution in [0.5, 0.6) is 0 Å². The highest BCUT2D eigenvalue weighted by atomic mass is 15.4. The molecule has 1 heterocycles. The fourth-order valence-electron chi connectivity index (χ4n) is 2.25. The van der Waals surface area contributed by atoms with Gasteiger partial charge in [-0.15, -0.1) is 0 Å². The predicted molar refractivity (Wildman–Crippen MR) is 36.6 cm³/mol. The number of hydrogen-bond acceptors (Lipinski definition) is 2. The molecule has 0 aromatic carbocycles. The molecule has 0 radical (unpaired) electrons. The van der Waals surface area contributed by atoms with E-state index in [9.17, 15) is 0 Å². The Bertz CT molecular complexity index is 101. The van der Waals surface area contributed by atoms with Gasteiger partial charge in [0.1, 0.15) is 0 Å². The molecule has 9 heavy (non-hydrogen) atoms. The SMILES string of the molecule is NN1CC2CC[C@H](C2)C1. The van der Waals surface area contributed by atoms with E-state index in [2.05, 4.69) is 0 Å². The first kappa shape index (κ1) is 5.69. The molecular formula is C7H14N2. The maximum absolute atomic E-state index is 5.69. The van der Waals surface area contributed by atoms with Crippen LogP contribution in [0.3, 0.4) is 0 Å². The molecule has 2 fully saturated rings. The highest BCUT2D eigenvalue weighted by molar-refractivity contribution is 4.83. The monoisotopic (exact) mass is 126 g/mol. The van der Waals surface area contributed by atoms with Gasteiger partial charge in [-0.05, 0) is 31.1 Å². The first-order chi connectivity index (χ1) is 4.34. The standard InChI is InChI=1S/C7H14N2/c8-9-4-6-1-2-7(3-6)5-9/h6-7H,1-5,8H2/t6-,7?/m1/s1. The molecule has 0 aromatic rings. The van der Waals surface area contributed by atoms with E-state index in [4.69, 9.17) is 5.84 Å². The molecule has 1 saturated carbocycles. The summed E-state index contributed by atoms with van der Waals surface area (Å²) in [5, 5.41) is 1.99. The Kier molecular flexibility index (Phi) is 1.24. The summed E-state index contributed by atoms with van der Waals surface area (Å²) in [6, 6.07) is 0. The van der Waals surface area contributed by atoms with Crippen LogP contribution in [0, 0.1) is 11.8 Å². The average Bonchev–Trinajstić information content (AvgIpc) is 2.11. The van der Waals surface area contributed by atoms with Gasteiger partial charge in [-0.2, -0.15) is 0 Å². The van der Waals surface area contributed by atoms with Gasteiger partial charge in [0, 0.05) is 13.1 Å². The Morgan fingerprint density at radius 3 is 2.22 bits per heavy atom. The molecule has 1 aliphatic carbocycles. The van der Waals surface area contributed by atoms with Crippen LogP contribution in [0.2, 0.25) is 0 Å². The number of hydrazine groups is 1. The van der Waals surface area contributed by atoms with Crippen LogP contribution in [0.25, 0.3) is 0 Å². The zero-order valence-electron chi connectivity index (χ0n) is 5.71. The molecule has 0 spiro atoms. The fraction of sp³-hybridized carbons (Fsp3) is 1.00. The van der Waals surface area contributed by atoms with E-state index in [1.54, 1.807) is 0 Å². The van der Waals surface area contributed by atoms with Crippen molar-refractivity contribution in [3.63, 3.8) is 0 Å². The Hall–Kier alpha value is -0.0800. The summed E-state index contributed by atoms with van der Waals surface area (Å²) < 4.78 is 0. The van der Waals surface area contributed by atoms with Crippen LogP contribution in [0.15, 0.2) is 0 Å². The summed E-state index contributed by atoms with van der Waals surface area (Å²) in [6.07, 6.45) is 4.31. The molecule has 2 N–H and O–H groups in total. The van der Waals surface area contributed by atoms with Crippen LogP contribution >= 0.6 is 0 Å². The third-order valence-corrected chi connectivity index (χ3v) is 2.64. The predicted octanol–water partition coefficient (Wildman–Crippen LogP) is 0.592. The van der Waals surface area contributed by atoms with Crippen molar-refractivity contribution >= 4 is 0 Å².